The lowest BCUT2D eigenvalue weighted by Crippen LogP contribution is -2.15. The largest absolute Gasteiger partial charge is 0.460 e. The van der Waals surface area contributed by atoms with Gasteiger partial charge >= 0.3 is 5.97 Å². The predicted molar refractivity (Wildman–Crippen MR) is 87.1 cm³/mol. The molecule has 0 spiro atoms. The van der Waals surface area contributed by atoms with Crippen LogP contribution in [0.25, 0.3) is 0 Å². The molecule has 27 heavy (non-hydrogen) atoms. The summed E-state index contributed by atoms with van der Waals surface area (Å²) in [6.45, 7) is 1.81. The number of ether oxygens (including phenoxy) is 2. The summed E-state index contributed by atoms with van der Waals surface area (Å²) >= 11 is 5.64. The van der Waals surface area contributed by atoms with Crippen LogP contribution in [0.5, 0.6) is 0 Å². The van der Waals surface area contributed by atoms with Crippen LogP contribution in [0.15, 0.2) is 11.1 Å². The molecule has 0 saturated heterocycles. The molecule has 1 aromatic carbocycles. The van der Waals surface area contributed by atoms with Gasteiger partial charge in [-0.1, -0.05) is 31.5 Å². The van der Waals surface area contributed by atoms with Crippen molar-refractivity contribution in [3.05, 3.63) is 45.5 Å². The molecule has 1 fully saturated rings. The van der Waals surface area contributed by atoms with Gasteiger partial charge in [0.2, 0.25) is 0 Å². The molecule has 2 rings (SSSR count). The van der Waals surface area contributed by atoms with E-state index in [1.165, 1.54) is 6.08 Å². The molecule has 0 aliphatic heterocycles. The van der Waals surface area contributed by atoms with Gasteiger partial charge < -0.3 is 9.47 Å². The number of carbonyl (C=O) groups excluding carboxylic acids is 1. The first-order valence-electron chi connectivity index (χ1n) is 7.84. The first-order valence-corrected chi connectivity index (χ1v) is 8.22. The number of rotatable bonds is 6. The molecule has 9 heteroatoms. The maximum absolute atomic E-state index is 14.0. The number of esters is 1. The molecule has 0 aromatic heterocycles. The third-order valence-electron chi connectivity index (χ3n) is 4.69. The van der Waals surface area contributed by atoms with Crippen LogP contribution in [0.4, 0.5) is 17.6 Å². The van der Waals surface area contributed by atoms with E-state index in [1.807, 2.05) is 0 Å². The van der Waals surface area contributed by atoms with Gasteiger partial charge in [0.1, 0.15) is 17.7 Å². The zero-order valence-electron chi connectivity index (χ0n) is 14.7. The molecule has 0 bridgehead atoms. The molecule has 1 aliphatic carbocycles. The van der Waals surface area contributed by atoms with E-state index in [0.717, 1.165) is 7.11 Å². The van der Waals surface area contributed by atoms with Crippen LogP contribution in [-0.2, 0) is 27.5 Å². The van der Waals surface area contributed by atoms with Gasteiger partial charge in [0.25, 0.3) is 0 Å². The molecular formula is C18H16ClF4NO3. The molecule has 4 nitrogen and oxygen atoms in total. The third kappa shape index (κ3) is 3.94. The van der Waals surface area contributed by atoms with Crippen LogP contribution < -0.4 is 0 Å². The minimum Gasteiger partial charge on any atom is -0.460 e. The second-order valence-corrected chi connectivity index (χ2v) is 7.11. The molecule has 0 N–H and O–H groups in total. The maximum Gasteiger partial charge on any atom is 0.310 e. The number of benzene rings is 1. The molecule has 1 aromatic rings. The number of methoxy groups -OCH3 is 1. The number of carbonyl (C=O) groups is 1. The average molecular weight is 406 g/mol. The summed E-state index contributed by atoms with van der Waals surface area (Å²) in [6.07, 6.45) is 1.40. The Bertz CT molecular complexity index is 819. The van der Waals surface area contributed by atoms with Crippen molar-refractivity contribution in [2.75, 3.05) is 7.11 Å². The molecular weight excluding hydrogens is 390 g/mol. The smallest absolute Gasteiger partial charge is 0.310 e. The number of hydrogen-bond acceptors (Lipinski definition) is 4. The average Bonchev–Trinajstić information content (AvgIpc) is 3.16. The van der Waals surface area contributed by atoms with E-state index in [9.17, 15) is 22.4 Å². The van der Waals surface area contributed by atoms with E-state index in [1.54, 1.807) is 19.9 Å². The van der Waals surface area contributed by atoms with Gasteiger partial charge in [0.15, 0.2) is 23.3 Å². The van der Waals surface area contributed by atoms with E-state index in [4.69, 9.17) is 21.6 Å². The van der Waals surface area contributed by atoms with E-state index in [0.29, 0.717) is 0 Å². The van der Waals surface area contributed by atoms with Crippen LogP contribution in [0.2, 0.25) is 0 Å². The van der Waals surface area contributed by atoms with Crippen molar-refractivity contribution in [1.82, 2.24) is 0 Å². The highest BCUT2D eigenvalue weighted by molar-refractivity contribution is 6.31. The summed E-state index contributed by atoms with van der Waals surface area (Å²) < 4.78 is 65.3. The first kappa shape index (κ1) is 21.2. The van der Waals surface area contributed by atoms with Crippen molar-refractivity contribution < 1.29 is 31.8 Å². The van der Waals surface area contributed by atoms with Crippen molar-refractivity contribution in [2.45, 2.75) is 27.1 Å². The summed E-state index contributed by atoms with van der Waals surface area (Å²) in [4.78, 5) is 12.2. The lowest BCUT2D eigenvalue weighted by Gasteiger charge is -2.12. The Balaban J connectivity index is 2.18. The highest BCUT2D eigenvalue weighted by Crippen LogP contribution is 2.60. The van der Waals surface area contributed by atoms with Gasteiger partial charge in [-0.05, 0) is 11.3 Å². The Labute approximate surface area is 158 Å². The van der Waals surface area contributed by atoms with Crippen molar-refractivity contribution in [1.29, 1.82) is 5.26 Å². The Morgan fingerprint density at radius 1 is 1.15 bits per heavy atom. The van der Waals surface area contributed by atoms with Crippen molar-refractivity contribution in [3.63, 3.8) is 0 Å². The molecule has 1 aliphatic rings. The Morgan fingerprint density at radius 2 is 1.63 bits per heavy atom. The van der Waals surface area contributed by atoms with Crippen LogP contribution in [0.3, 0.4) is 0 Å². The Hall–Kier alpha value is -2.11. The fourth-order valence-corrected chi connectivity index (χ4v) is 3.12. The number of nitrogens with zero attached hydrogens (tertiary/aromatic N) is 1. The van der Waals surface area contributed by atoms with E-state index >= 15 is 0 Å². The fraction of sp³-hybridized carbons (Fsp3) is 0.444. The summed E-state index contributed by atoms with van der Waals surface area (Å²) in [7, 11) is 1.12. The molecule has 1 saturated carbocycles. The number of halogens is 5. The quantitative estimate of drug-likeness (QED) is 0.305. The number of allylic oxidation sites excluding steroid dienone is 2. The minimum absolute atomic E-state index is 0.0988. The van der Waals surface area contributed by atoms with Gasteiger partial charge in [-0.25, -0.2) is 17.6 Å². The molecule has 0 unspecified atom stereocenters. The van der Waals surface area contributed by atoms with Crippen LogP contribution in [-0.4, -0.2) is 13.1 Å². The maximum atomic E-state index is 14.0. The molecule has 0 amide bonds. The molecule has 0 heterocycles. The lowest BCUT2D eigenvalue weighted by atomic mass is 10.1. The highest BCUT2D eigenvalue weighted by Gasteiger charge is 2.61. The normalized spacial score (nSPS) is 20.9. The topological polar surface area (TPSA) is 59.3 Å². The van der Waals surface area contributed by atoms with Gasteiger partial charge in [0, 0.05) is 7.11 Å². The summed E-state index contributed by atoms with van der Waals surface area (Å²) in [5, 5.41) is 8.60. The zero-order chi connectivity index (χ0) is 20.5. The molecule has 146 valence electrons. The van der Waals surface area contributed by atoms with Crippen LogP contribution in [0, 0.1) is 51.9 Å². The zero-order valence-corrected chi connectivity index (χ0v) is 15.5. The Morgan fingerprint density at radius 3 is 2.07 bits per heavy atom. The SMILES string of the molecule is COCc1c(F)c(F)c(COC(=O)[C@@H]2[C@H](/C=C(/Cl)C#N)C2(C)C)c(F)c1F. The highest BCUT2D eigenvalue weighted by atomic mass is 35.5. The summed E-state index contributed by atoms with van der Waals surface area (Å²) in [6, 6.07) is 1.72. The Kier molecular flexibility index (Phi) is 6.17. The second-order valence-electron chi connectivity index (χ2n) is 6.70. The third-order valence-corrected chi connectivity index (χ3v) is 4.90. The minimum atomic E-state index is -1.65. The standard InChI is InChI=1S/C18H16ClF4NO3/c1-18(2)11(4-8(19)5-24)12(18)17(25)27-7-10-15(22)13(20)9(6-26-3)14(21)16(10)23/h4,11-12H,6-7H2,1-3H3/b8-4+/t11-,12-/m0/s1. The monoisotopic (exact) mass is 405 g/mol. The number of nitriles is 1. The summed E-state index contributed by atoms with van der Waals surface area (Å²) in [5.74, 6) is -8.41. The summed E-state index contributed by atoms with van der Waals surface area (Å²) in [5.41, 5.74) is -2.50. The number of hydrogen-bond donors (Lipinski definition) is 0. The van der Waals surface area contributed by atoms with Crippen molar-refractivity contribution in [2.24, 2.45) is 17.3 Å². The van der Waals surface area contributed by atoms with Gasteiger partial charge in [-0.15, -0.1) is 0 Å². The lowest BCUT2D eigenvalue weighted by molar-refractivity contribution is -0.147. The first-order chi connectivity index (χ1) is 12.6. The van der Waals surface area contributed by atoms with Crippen molar-refractivity contribution in [3.8, 4) is 6.07 Å². The predicted octanol–water partition coefficient (Wildman–Crippen LogP) is 4.35. The van der Waals surface area contributed by atoms with Gasteiger partial charge in [-0.2, -0.15) is 5.26 Å². The van der Waals surface area contributed by atoms with Gasteiger partial charge in [0.05, 0.1) is 23.7 Å². The van der Waals surface area contributed by atoms with Crippen LogP contribution >= 0.6 is 11.6 Å². The van der Waals surface area contributed by atoms with Crippen LogP contribution in [0.1, 0.15) is 25.0 Å². The molecule has 2 atom stereocenters. The van der Waals surface area contributed by atoms with Gasteiger partial charge in [-0.3, -0.25) is 4.79 Å². The van der Waals surface area contributed by atoms with Crippen molar-refractivity contribution >= 4 is 17.6 Å². The van der Waals surface area contributed by atoms with E-state index in [-0.39, 0.29) is 5.03 Å². The molecule has 0 radical (unpaired) electrons. The second kappa shape index (κ2) is 7.87. The fourth-order valence-electron chi connectivity index (χ4n) is 2.99. The van der Waals surface area contributed by atoms with E-state index < -0.39 is 70.8 Å². The van der Waals surface area contributed by atoms with E-state index in [2.05, 4.69) is 4.74 Å².